The van der Waals surface area contributed by atoms with E-state index in [0.29, 0.717) is 5.92 Å². The van der Waals surface area contributed by atoms with E-state index >= 15 is 0 Å². The van der Waals surface area contributed by atoms with Crippen LogP contribution in [0.2, 0.25) is 0 Å². The fraction of sp³-hybridized carbons (Fsp3) is 0.500. The van der Waals surface area contributed by atoms with Gasteiger partial charge >= 0.3 is 0 Å². The third kappa shape index (κ3) is 3.77. The number of hydrogen-bond acceptors (Lipinski definition) is 2. The average molecular weight is 234 g/mol. The molecule has 3 heteroatoms. The van der Waals surface area contributed by atoms with Crippen molar-refractivity contribution < 1.29 is 4.79 Å². The van der Waals surface area contributed by atoms with Gasteiger partial charge in [0.25, 0.3) is 5.91 Å². The van der Waals surface area contributed by atoms with Crippen molar-refractivity contribution in [2.75, 3.05) is 18.9 Å². The summed E-state index contributed by atoms with van der Waals surface area (Å²) in [6, 6.07) is 5.70. The second-order valence-electron chi connectivity index (χ2n) is 4.50. The van der Waals surface area contributed by atoms with Crippen LogP contribution >= 0.6 is 0 Å². The summed E-state index contributed by atoms with van der Waals surface area (Å²) in [4.78, 5) is 11.9. The predicted molar refractivity (Wildman–Crippen MR) is 72.5 cm³/mol. The minimum atomic E-state index is 0.0102. The molecule has 1 unspecified atom stereocenters. The van der Waals surface area contributed by atoms with Crippen LogP contribution in [0, 0.1) is 12.8 Å². The summed E-state index contributed by atoms with van der Waals surface area (Å²) in [6.07, 6.45) is 1.08. The summed E-state index contributed by atoms with van der Waals surface area (Å²) in [7, 11) is 1.88. The molecule has 3 nitrogen and oxygen atoms in total. The van der Waals surface area contributed by atoms with Gasteiger partial charge in [-0.05, 0) is 36.6 Å². The zero-order chi connectivity index (χ0) is 12.8. The van der Waals surface area contributed by atoms with Gasteiger partial charge in [-0.3, -0.25) is 4.79 Å². The van der Waals surface area contributed by atoms with E-state index in [4.69, 9.17) is 0 Å². The molecule has 17 heavy (non-hydrogen) atoms. The van der Waals surface area contributed by atoms with Crippen molar-refractivity contribution in [2.24, 2.45) is 5.92 Å². The van der Waals surface area contributed by atoms with E-state index < -0.39 is 0 Å². The van der Waals surface area contributed by atoms with Gasteiger partial charge in [0.1, 0.15) is 0 Å². The topological polar surface area (TPSA) is 41.1 Å². The van der Waals surface area contributed by atoms with Crippen LogP contribution in [-0.2, 0) is 0 Å². The lowest BCUT2D eigenvalue weighted by atomic mass is 10.1. The lowest BCUT2D eigenvalue weighted by molar-refractivity contribution is 0.0948. The van der Waals surface area contributed by atoms with Gasteiger partial charge in [-0.1, -0.05) is 20.3 Å². The number of nitrogens with one attached hydrogen (secondary N) is 2. The molecule has 1 atom stereocenters. The molecular weight excluding hydrogens is 212 g/mol. The summed E-state index contributed by atoms with van der Waals surface area (Å²) < 4.78 is 0. The molecule has 0 fully saturated rings. The highest BCUT2D eigenvalue weighted by Crippen LogP contribution is 2.15. The predicted octanol–water partition coefficient (Wildman–Crippen LogP) is 2.81. The number of carbonyl (C=O) groups excluding carboxylic acids is 1. The molecule has 1 aromatic carbocycles. The monoisotopic (exact) mass is 234 g/mol. The molecule has 0 spiro atoms. The van der Waals surface area contributed by atoms with Gasteiger partial charge < -0.3 is 10.6 Å². The highest BCUT2D eigenvalue weighted by atomic mass is 16.1. The number of carbonyl (C=O) groups is 1. The molecule has 94 valence electrons. The molecular formula is C14H22N2O. The Morgan fingerprint density at radius 1 is 1.41 bits per heavy atom. The van der Waals surface area contributed by atoms with Gasteiger partial charge in [-0.25, -0.2) is 0 Å². The van der Waals surface area contributed by atoms with Crippen LogP contribution in [0.4, 0.5) is 5.69 Å². The molecule has 0 saturated heterocycles. The summed E-state index contributed by atoms with van der Waals surface area (Å²) in [5.41, 5.74) is 2.87. The van der Waals surface area contributed by atoms with Crippen LogP contribution in [0.25, 0.3) is 0 Å². The SMILES string of the molecule is CCC(C)CNC(=O)c1ccc(NC)c(C)c1. The summed E-state index contributed by atoms with van der Waals surface area (Å²) in [6.45, 7) is 7.00. The Hall–Kier alpha value is -1.51. The zero-order valence-electron chi connectivity index (χ0n) is 11.1. The van der Waals surface area contributed by atoms with Crippen molar-refractivity contribution in [2.45, 2.75) is 27.2 Å². The second kappa shape index (κ2) is 6.28. The van der Waals surface area contributed by atoms with Crippen LogP contribution in [0.1, 0.15) is 36.2 Å². The fourth-order valence-corrected chi connectivity index (χ4v) is 1.60. The number of aryl methyl sites for hydroxylation is 1. The van der Waals surface area contributed by atoms with E-state index in [1.807, 2.05) is 32.2 Å². The minimum absolute atomic E-state index is 0.0102. The maximum Gasteiger partial charge on any atom is 0.251 e. The molecule has 0 saturated carbocycles. The summed E-state index contributed by atoms with van der Waals surface area (Å²) in [5.74, 6) is 0.535. The number of rotatable bonds is 5. The first-order valence-corrected chi connectivity index (χ1v) is 6.15. The molecule has 0 aliphatic rings. The normalized spacial score (nSPS) is 12.0. The lowest BCUT2D eigenvalue weighted by Crippen LogP contribution is -2.28. The third-order valence-corrected chi connectivity index (χ3v) is 3.07. The van der Waals surface area contributed by atoms with Crippen LogP contribution < -0.4 is 10.6 Å². The van der Waals surface area contributed by atoms with E-state index in [1.54, 1.807) is 0 Å². The van der Waals surface area contributed by atoms with E-state index in [1.165, 1.54) is 0 Å². The summed E-state index contributed by atoms with van der Waals surface area (Å²) >= 11 is 0. The standard InChI is InChI=1S/C14H22N2O/c1-5-10(2)9-16-14(17)12-6-7-13(15-4)11(3)8-12/h6-8,10,15H,5,9H2,1-4H3,(H,16,17). The van der Waals surface area contributed by atoms with Gasteiger partial charge in [0.15, 0.2) is 0 Å². The number of hydrogen-bond donors (Lipinski definition) is 2. The van der Waals surface area contributed by atoms with Gasteiger partial charge in [0.2, 0.25) is 0 Å². The largest absolute Gasteiger partial charge is 0.388 e. The Bertz CT molecular complexity index is 388. The Labute approximate surface area is 104 Å². The Balaban J connectivity index is 2.66. The second-order valence-corrected chi connectivity index (χ2v) is 4.50. The first kappa shape index (κ1) is 13.6. The quantitative estimate of drug-likeness (QED) is 0.822. The molecule has 2 N–H and O–H groups in total. The average Bonchev–Trinajstić information content (AvgIpc) is 2.35. The van der Waals surface area contributed by atoms with Crippen LogP contribution in [0.5, 0.6) is 0 Å². The van der Waals surface area contributed by atoms with Crippen molar-refractivity contribution in [3.8, 4) is 0 Å². The molecule has 0 heterocycles. The van der Waals surface area contributed by atoms with Gasteiger partial charge in [0, 0.05) is 24.8 Å². The summed E-state index contributed by atoms with van der Waals surface area (Å²) in [5, 5.41) is 6.04. The smallest absolute Gasteiger partial charge is 0.251 e. The van der Waals surface area contributed by atoms with E-state index in [2.05, 4.69) is 24.5 Å². The first-order chi connectivity index (χ1) is 8.08. The maximum absolute atomic E-state index is 11.9. The number of anilines is 1. The van der Waals surface area contributed by atoms with Gasteiger partial charge in [0.05, 0.1) is 0 Å². The highest BCUT2D eigenvalue weighted by molar-refractivity contribution is 5.94. The molecule has 0 radical (unpaired) electrons. The Kier molecular flexibility index (Phi) is 5.01. The molecule has 0 bridgehead atoms. The molecule has 1 aromatic rings. The molecule has 1 rings (SSSR count). The van der Waals surface area contributed by atoms with Crippen LogP contribution in [-0.4, -0.2) is 19.5 Å². The molecule has 0 aliphatic carbocycles. The zero-order valence-corrected chi connectivity index (χ0v) is 11.1. The van der Waals surface area contributed by atoms with Crippen molar-refractivity contribution in [1.82, 2.24) is 5.32 Å². The third-order valence-electron chi connectivity index (χ3n) is 3.07. The van der Waals surface area contributed by atoms with Gasteiger partial charge in [-0.15, -0.1) is 0 Å². The first-order valence-electron chi connectivity index (χ1n) is 6.15. The Morgan fingerprint density at radius 3 is 2.65 bits per heavy atom. The van der Waals surface area contributed by atoms with Crippen molar-refractivity contribution >= 4 is 11.6 Å². The molecule has 0 aromatic heterocycles. The lowest BCUT2D eigenvalue weighted by Gasteiger charge is -2.11. The fourth-order valence-electron chi connectivity index (χ4n) is 1.60. The van der Waals surface area contributed by atoms with Crippen LogP contribution in [0.15, 0.2) is 18.2 Å². The van der Waals surface area contributed by atoms with Crippen molar-refractivity contribution in [3.63, 3.8) is 0 Å². The van der Waals surface area contributed by atoms with Crippen molar-refractivity contribution in [1.29, 1.82) is 0 Å². The molecule has 1 amide bonds. The highest BCUT2D eigenvalue weighted by Gasteiger charge is 2.08. The maximum atomic E-state index is 11.9. The minimum Gasteiger partial charge on any atom is -0.388 e. The van der Waals surface area contributed by atoms with Crippen LogP contribution in [0.3, 0.4) is 0 Å². The number of benzene rings is 1. The Morgan fingerprint density at radius 2 is 2.12 bits per heavy atom. The van der Waals surface area contributed by atoms with Gasteiger partial charge in [-0.2, -0.15) is 0 Å². The van der Waals surface area contributed by atoms with E-state index in [9.17, 15) is 4.79 Å². The van der Waals surface area contributed by atoms with E-state index in [-0.39, 0.29) is 5.91 Å². The molecule has 0 aliphatic heterocycles. The van der Waals surface area contributed by atoms with E-state index in [0.717, 1.165) is 29.8 Å². The number of amides is 1. The van der Waals surface area contributed by atoms with Crippen molar-refractivity contribution in [3.05, 3.63) is 29.3 Å².